The molecular formula is C13H22N2O2. The molecule has 2 heterocycles. The third-order valence-corrected chi connectivity index (χ3v) is 3.61. The Hall–Kier alpha value is -0.870. The molecule has 0 radical (unpaired) electrons. The summed E-state index contributed by atoms with van der Waals surface area (Å²) in [7, 11) is 4.21. The highest BCUT2D eigenvalue weighted by atomic mass is 16.5. The number of piperazine rings is 1. The largest absolute Gasteiger partial charge is 0.490 e. The Morgan fingerprint density at radius 3 is 3.00 bits per heavy atom. The maximum atomic E-state index is 12.1. The van der Waals surface area contributed by atoms with E-state index in [4.69, 9.17) is 4.74 Å². The lowest BCUT2D eigenvalue weighted by molar-refractivity contribution is -0.120. The number of ether oxygens (including phenoxy) is 1. The van der Waals surface area contributed by atoms with Gasteiger partial charge in [-0.1, -0.05) is 0 Å². The number of nitrogens with zero attached hydrogens (tertiary/aromatic N) is 2. The van der Waals surface area contributed by atoms with Crippen molar-refractivity contribution in [3.05, 3.63) is 11.8 Å². The maximum absolute atomic E-state index is 12.1. The van der Waals surface area contributed by atoms with Gasteiger partial charge in [0, 0.05) is 32.1 Å². The molecule has 2 rings (SSSR count). The fraction of sp³-hybridized carbons (Fsp3) is 0.769. The summed E-state index contributed by atoms with van der Waals surface area (Å²) in [5.41, 5.74) is 0. The van der Waals surface area contributed by atoms with E-state index >= 15 is 0 Å². The standard InChI is InChI=1S/C13H22N2O2/c1-14-6-7-15(2)11(10-14)9-12(16)13-5-3-4-8-17-13/h5,11H,3-4,6-10H2,1-2H3. The second-order valence-electron chi connectivity index (χ2n) is 5.08. The molecule has 1 fully saturated rings. The summed E-state index contributed by atoms with van der Waals surface area (Å²) in [4.78, 5) is 16.6. The molecule has 0 spiro atoms. The minimum Gasteiger partial charge on any atom is -0.490 e. The smallest absolute Gasteiger partial charge is 0.198 e. The van der Waals surface area contributed by atoms with Crippen molar-refractivity contribution < 1.29 is 9.53 Å². The van der Waals surface area contributed by atoms with Crippen LogP contribution in [0, 0.1) is 0 Å². The van der Waals surface area contributed by atoms with Crippen LogP contribution in [-0.2, 0) is 9.53 Å². The molecule has 2 aliphatic rings. The summed E-state index contributed by atoms with van der Waals surface area (Å²) in [6.07, 6.45) is 4.52. The van der Waals surface area contributed by atoms with Crippen molar-refractivity contribution in [2.24, 2.45) is 0 Å². The number of hydrogen-bond donors (Lipinski definition) is 0. The van der Waals surface area contributed by atoms with Gasteiger partial charge in [-0.15, -0.1) is 0 Å². The number of hydrogen-bond acceptors (Lipinski definition) is 4. The number of rotatable bonds is 3. The Labute approximate surface area is 103 Å². The van der Waals surface area contributed by atoms with Gasteiger partial charge in [0.2, 0.25) is 0 Å². The lowest BCUT2D eigenvalue weighted by atomic mass is 10.0. The lowest BCUT2D eigenvalue weighted by Crippen LogP contribution is -2.50. The van der Waals surface area contributed by atoms with Crippen LogP contribution in [0.3, 0.4) is 0 Å². The van der Waals surface area contributed by atoms with E-state index in [1.165, 1.54) is 0 Å². The van der Waals surface area contributed by atoms with Crippen molar-refractivity contribution in [1.29, 1.82) is 0 Å². The Balaban J connectivity index is 1.90. The number of ketones is 1. The molecule has 1 unspecified atom stereocenters. The van der Waals surface area contributed by atoms with E-state index in [0.717, 1.165) is 32.5 Å². The molecule has 0 amide bonds. The van der Waals surface area contributed by atoms with Gasteiger partial charge < -0.3 is 14.5 Å². The molecule has 1 atom stereocenters. The van der Waals surface area contributed by atoms with E-state index in [1.54, 1.807) is 0 Å². The molecule has 1 saturated heterocycles. The predicted molar refractivity (Wildman–Crippen MR) is 66.8 cm³/mol. The molecule has 96 valence electrons. The molecular weight excluding hydrogens is 216 g/mol. The topological polar surface area (TPSA) is 32.8 Å². The Bertz CT molecular complexity index is 315. The van der Waals surface area contributed by atoms with Gasteiger partial charge in [-0.05, 0) is 33.0 Å². The quantitative estimate of drug-likeness (QED) is 0.731. The summed E-state index contributed by atoms with van der Waals surface area (Å²) in [5.74, 6) is 0.759. The minimum atomic E-state index is 0.164. The first kappa shape index (κ1) is 12.6. The molecule has 0 aromatic rings. The molecule has 17 heavy (non-hydrogen) atoms. The Morgan fingerprint density at radius 2 is 2.29 bits per heavy atom. The number of Topliss-reactive ketones (excluding diaryl/α,β-unsaturated/α-hetero) is 1. The van der Waals surface area contributed by atoms with Crippen molar-refractivity contribution in [3.63, 3.8) is 0 Å². The van der Waals surface area contributed by atoms with E-state index in [-0.39, 0.29) is 5.78 Å². The highest BCUT2D eigenvalue weighted by Crippen LogP contribution is 2.16. The fourth-order valence-corrected chi connectivity index (χ4v) is 2.39. The first-order chi connectivity index (χ1) is 8.16. The summed E-state index contributed by atoms with van der Waals surface area (Å²) in [6, 6.07) is 0.327. The Kier molecular flexibility index (Phi) is 4.18. The summed E-state index contributed by atoms with van der Waals surface area (Å²) < 4.78 is 5.42. The normalized spacial score (nSPS) is 27.4. The molecule has 2 aliphatic heterocycles. The van der Waals surface area contributed by atoms with Crippen LogP contribution in [0.25, 0.3) is 0 Å². The van der Waals surface area contributed by atoms with E-state index in [2.05, 4.69) is 23.9 Å². The van der Waals surface area contributed by atoms with Crippen LogP contribution in [-0.4, -0.2) is 62.0 Å². The van der Waals surface area contributed by atoms with Gasteiger partial charge in [-0.2, -0.15) is 0 Å². The zero-order valence-electron chi connectivity index (χ0n) is 10.8. The molecule has 0 aromatic carbocycles. The van der Waals surface area contributed by atoms with Crippen molar-refractivity contribution in [2.75, 3.05) is 40.3 Å². The van der Waals surface area contributed by atoms with Crippen LogP contribution >= 0.6 is 0 Å². The second kappa shape index (κ2) is 5.65. The van der Waals surface area contributed by atoms with E-state index < -0.39 is 0 Å². The fourth-order valence-electron chi connectivity index (χ4n) is 2.39. The van der Waals surface area contributed by atoms with Crippen LogP contribution < -0.4 is 0 Å². The van der Waals surface area contributed by atoms with E-state index in [1.807, 2.05) is 6.08 Å². The van der Waals surface area contributed by atoms with Crippen LogP contribution in [0.5, 0.6) is 0 Å². The van der Waals surface area contributed by atoms with Crippen molar-refractivity contribution >= 4 is 5.78 Å². The van der Waals surface area contributed by atoms with Crippen LogP contribution in [0.4, 0.5) is 0 Å². The third-order valence-electron chi connectivity index (χ3n) is 3.61. The van der Waals surface area contributed by atoms with E-state index in [9.17, 15) is 4.79 Å². The van der Waals surface area contributed by atoms with Gasteiger partial charge in [0.15, 0.2) is 11.5 Å². The zero-order chi connectivity index (χ0) is 12.3. The highest BCUT2D eigenvalue weighted by Gasteiger charge is 2.26. The number of carbonyl (C=O) groups excluding carboxylic acids is 1. The van der Waals surface area contributed by atoms with Crippen LogP contribution in [0.1, 0.15) is 19.3 Å². The summed E-state index contributed by atoms with van der Waals surface area (Å²) in [6.45, 7) is 3.78. The summed E-state index contributed by atoms with van der Waals surface area (Å²) >= 11 is 0. The molecule has 4 nitrogen and oxygen atoms in total. The average Bonchev–Trinajstić information content (AvgIpc) is 2.35. The molecule has 0 saturated carbocycles. The monoisotopic (exact) mass is 238 g/mol. The van der Waals surface area contributed by atoms with Gasteiger partial charge in [-0.25, -0.2) is 0 Å². The molecule has 0 bridgehead atoms. The average molecular weight is 238 g/mol. The third kappa shape index (κ3) is 3.30. The highest BCUT2D eigenvalue weighted by molar-refractivity contribution is 5.93. The van der Waals surface area contributed by atoms with Gasteiger partial charge in [0.1, 0.15) is 0 Å². The van der Waals surface area contributed by atoms with Crippen molar-refractivity contribution in [3.8, 4) is 0 Å². The number of likely N-dealkylation sites (N-methyl/N-ethyl adjacent to an activating group) is 2. The number of allylic oxidation sites excluding steroid dienone is 2. The second-order valence-corrected chi connectivity index (χ2v) is 5.08. The SMILES string of the molecule is CN1CCN(C)C(CC(=O)C2=CCCCO2)C1. The maximum Gasteiger partial charge on any atom is 0.198 e. The van der Waals surface area contributed by atoms with Crippen LogP contribution in [0.2, 0.25) is 0 Å². The van der Waals surface area contributed by atoms with Gasteiger partial charge >= 0.3 is 0 Å². The summed E-state index contributed by atoms with van der Waals surface area (Å²) in [5, 5.41) is 0. The van der Waals surface area contributed by atoms with E-state index in [0.29, 0.717) is 24.8 Å². The molecule has 0 N–H and O–H groups in total. The van der Waals surface area contributed by atoms with Crippen LogP contribution in [0.15, 0.2) is 11.8 Å². The van der Waals surface area contributed by atoms with Crippen molar-refractivity contribution in [2.45, 2.75) is 25.3 Å². The zero-order valence-corrected chi connectivity index (χ0v) is 10.8. The lowest BCUT2D eigenvalue weighted by Gasteiger charge is -2.37. The van der Waals surface area contributed by atoms with Gasteiger partial charge in [0.25, 0.3) is 0 Å². The molecule has 0 aromatic heterocycles. The first-order valence-electron chi connectivity index (χ1n) is 6.42. The van der Waals surface area contributed by atoms with Gasteiger partial charge in [0.05, 0.1) is 6.61 Å². The first-order valence-corrected chi connectivity index (χ1v) is 6.42. The predicted octanol–water partition coefficient (Wildman–Crippen LogP) is 0.886. The van der Waals surface area contributed by atoms with Crippen molar-refractivity contribution in [1.82, 2.24) is 9.80 Å². The minimum absolute atomic E-state index is 0.164. The van der Waals surface area contributed by atoms with Gasteiger partial charge in [-0.3, -0.25) is 4.79 Å². The molecule has 4 heteroatoms. The Morgan fingerprint density at radius 1 is 1.47 bits per heavy atom. The number of carbonyl (C=O) groups is 1. The molecule has 0 aliphatic carbocycles.